The molecule has 1 saturated heterocycles. The van der Waals surface area contributed by atoms with Crippen LogP contribution in [0, 0.1) is 0 Å². The lowest BCUT2D eigenvalue weighted by Crippen LogP contribution is -2.53. The van der Waals surface area contributed by atoms with Crippen LogP contribution in [-0.2, 0) is 14.3 Å². The van der Waals surface area contributed by atoms with Crippen LogP contribution < -0.4 is 11.1 Å². The van der Waals surface area contributed by atoms with E-state index in [2.05, 4.69) is 5.32 Å². The number of nitrogens with one attached hydrogen (secondary N) is 1. The van der Waals surface area contributed by atoms with Crippen molar-refractivity contribution >= 4 is 5.91 Å². The van der Waals surface area contributed by atoms with Crippen LogP contribution in [-0.4, -0.2) is 43.9 Å². The second kappa shape index (κ2) is 6.18. The van der Waals surface area contributed by atoms with Gasteiger partial charge < -0.3 is 20.5 Å². The van der Waals surface area contributed by atoms with Gasteiger partial charge in [-0.3, -0.25) is 4.79 Å². The Bertz CT molecular complexity index is 231. The molecular formula is C11H22N2O3. The summed E-state index contributed by atoms with van der Waals surface area (Å²) in [6, 6.07) is 0. The smallest absolute Gasteiger partial charge is 0.237 e. The van der Waals surface area contributed by atoms with Crippen LogP contribution >= 0.6 is 0 Å². The molecular weight excluding hydrogens is 208 g/mol. The van der Waals surface area contributed by atoms with Crippen molar-refractivity contribution in [3.05, 3.63) is 0 Å². The summed E-state index contributed by atoms with van der Waals surface area (Å²) in [5.74, 6) is -0.304. The standard InChI is InChI=1S/C11H22N2O3/c1-3-13-11(2,10(12)14)5-4-6-16-9-7-15-8-9/h9,13H,3-8H2,1-2H3,(H2,12,14). The van der Waals surface area contributed by atoms with Crippen molar-refractivity contribution in [3.8, 4) is 0 Å². The van der Waals surface area contributed by atoms with Crippen LogP contribution in [0.4, 0.5) is 0 Å². The Morgan fingerprint density at radius 2 is 2.31 bits per heavy atom. The molecule has 1 aliphatic rings. The molecule has 1 rings (SSSR count). The highest BCUT2D eigenvalue weighted by atomic mass is 16.6. The first-order chi connectivity index (χ1) is 7.58. The van der Waals surface area contributed by atoms with E-state index in [9.17, 15) is 4.79 Å². The number of likely N-dealkylation sites (N-methyl/N-ethyl adjacent to an activating group) is 1. The fraction of sp³-hybridized carbons (Fsp3) is 0.909. The third-order valence-corrected chi connectivity index (χ3v) is 2.89. The molecule has 3 N–H and O–H groups in total. The summed E-state index contributed by atoms with van der Waals surface area (Å²) in [7, 11) is 0. The van der Waals surface area contributed by atoms with Crippen molar-refractivity contribution in [2.24, 2.45) is 5.73 Å². The normalized spacial score (nSPS) is 20.1. The minimum atomic E-state index is -0.617. The van der Waals surface area contributed by atoms with Crippen molar-refractivity contribution < 1.29 is 14.3 Å². The summed E-state index contributed by atoms with van der Waals surface area (Å²) < 4.78 is 10.5. The number of hydrogen-bond donors (Lipinski definition) is 2. The van der Waals surface area contributed by atoms with Gasteiger partial charge in [-0.2, -0.15) is 0 Å². The summed E-state index contributed by atoms with van der Waals surface area (Å²) in [6.07, 6.45) is 1.77. The molecule has 1 fully saturated rings. The molecule has 0 aromatic rings. The minimum absolute atomic E-state index is 0.249. The number of carbonyl (C=O) groups excluding carboxylic acids is 1. The van der Waals surface area contributed by atoms with Crippen LogP contribution in [0.25, 0.3) is 0 Å². The first kappa shape index (κ1) is 13.4. The average Bonchev–Trinajstić information content (AvgIpc) is 2.14. The van der Waals surface area contributed by atoms with Crippen LogP contribution in [0.5, 0.6) is 0 Å². The number of nitrogens with two attached hydrogens (primary N) is 1. The van der Waals surface area contributed by atoms with Crippen molar-refractivity contribution in [2.75, 3.05) is 26.4 Å². The molecule has 16 heavy (non-hydrogen) atoms. The van der Waals surface area contributed by atoms with Gasteiger partial charge in [0.2, 0.25) is 5.91 Å². The molecule has 0 bridgehead atoms. The fourth-order valence-corrected chi connectivity index (χ4v) is 1.67. The van der Waals surface area contributed by atoms with E-state index >= 15 is 0 Å². The van der Waals surface area contributed by atoms with E-state index in [0.29, 0.717) is 26.2 Å². The van der Waals surface area contributed by atoms with Crippen LogP contribution in [0.1, 0.15) is 26.7 Å². The summed E-state index contributed by atoms with van der Waals surface area (Å²) in [4.78, 5) is 11.3. The highest BCUT2D eigenvalue weighted by Crippen LogP contribution is 2.13. The predicted molar refractivity (Wildman–Crippen MR) is 61.1 cm³/mol. The molecule has 5 heteroatoms. The molecule has 0 aromatic heterocycles. The lowest BCUT2D eigenvalue weighted by atomic mass is 9.95. The maximum absolute atomic E-state index is 11.3. The van der Waals surface area contributed by atoms with Crippen molar-refractivity contribution in [2.45, 2.75) is 38.3 Å². The van der Waals surface area contributed by atoms with E-state index in [4.69, 9.17) is 15.2 Å². The van der Waals surface area contributed by atoms with Crippen LogP contribution in [0.2, 0.25) is 0 Å². The summed E-state index contributed by atoms with van der Waals surface area (Å²) in [5.41, 5.74) is 4.76. The molecule has 0 radical (unpaired) electrons. The maximum atomic E-state index is 11.3. The Kier molecular flexibility index (Phi) is 5.18. The largest absolute Gasteiger partial charge is 0.376 e. The topological polar surface area (TPSA) is 73.6 Å². The summed E-state index contributed by atoms with van der Waals surface area (Å²) in [5, 5.41) is 3.12. The number of amides is 1. The van der Waals surface area contributed by atoms with E-state index in [1.54, 1.807) is 0 Å². The van der Waals surface area contributed by atoms with Gasteiger partial charge in [0.25, 0.3) is 0 Å². The van der Waals surface area contributed by atoms with Crippen LogP contribution in [0.3, 0.4) is 0 Å². The third kappa shape index (κ3) is 3.73. The number of ether oxygens (including phenoxy) is 2. The zero-order valence-corrected chi connectivity index (χ0v) is 10.1. The second-order valence-corrected chi connectivity index (χ2v) is 4.36. The minimum Gasteiger partial charge on any atom is -0.376 e. The molecule has 94 valence electrons. The average molecular weight is 230 g/mol. The van der Waals surface area contributed by atoms with Crippen molar-refractivity contribution in [3.63, 3.8) is 0 Å². The Balaban J connectivity index is 2.18. The molecule has 1 aliphatic heterocycles. The van der Waals surface area contributed by atoms with E-state index in [1.807, 2.05) is 13.8 Å². The number of primary amides is 1. The Labute approximate surface area is 96.7 Å². The molecule has 0 aromatic carbocycles. The van der Waals surface area contributed by atoms with Gasteiger partial charge in [-0.05, 0) is 26.3 Å². The van der Waals surface area contributed by atoms with Gasteiger partial charge in [-0.15, -0.1) is 0 Å². The van der Waals surface area contributed by atoms with Gasteiger partial charge >= 0.3 is 0 Å². The fourth-order valence-electron chi connectivity index (χ4n) is 1.67. The van der Waals surface area contributed by atoms with Gasteiger partial charge in [0.05, 0.1) is 18.8 Å². The summed E-state index contributed by atoms with van der Waals surface area (Å²) in [6.45, 7) is 6.58. The summed E-state index contributed by atoms with van der Waals surface area (Å²) >= 11 is 0. The lowest BCUT2D eigenvalue weighted by molar-refractivity contribution is -0.132. The first-order valence-corrected chi connectivity index (χ1v) is 5.83. The molecule has 0 aliphatic carbocycles. The van der Waals surface area contributed by atoms with E-state index in [1.165, 1.54) is 0 Å². The van der Waals surface area contributed by atoms with Crippen molar-refractivity contribution in [1.82, 2.24) is 5.32 Å². The zero-order valence-electron chi connectivity index (χ0n) is 10.1. The molecule has 1 unspecified atom stereocenters. The monoisotopic (exact) mass is 230 g/mol. The Morgan fingerprint density at radius 3 is 2.75 bits per heavy atom. The quantitative estimate of drug-likeness (QED) is 0.577. The third-order valence-electron chi connectivity index (χ3n) is 2.89. The maximum Gasteiger partial charge on any atom is 0.237 e. The van der Waals surface area contributed by atoms with E-state index in [0.717, 1.165) is 13.0 Å². The number of hydrogen-bond acceptors (Lipinski definition) is 4. The SMILES string of the molecule is CCNC(C)(CCCOC1COC1)C(N)=O. The van der Waals surface area contributed by atoms with E-state index in [-0.39, 0.29) is 12.0 Å². The van der Waals surface area contributed by atoms with Crippen LogP contribution in [0.15, 0.2) is 0 Å². The molecule has 1 atom stereocenters. The van der Waals surface area contributed by atoms with Gasteiger partial charge in [0.1, 0.15) is 6.10 Å². The number of rotatable bonds is 8. The van der Waals surface area contributed by atoms with E-state index < -0.39 is 5.54 Å². The molecule has 5 nitrogen and oxygen atoms in total. The molecule has 0 saturated carbocycles. The number of carbonyl (C=O) groups is 1. The van der Waals surface area contributed by atoms with Gasteiger partial charge in [-0.25, -0.2) is 0 Å². The predicted octanol–water partition coefficient (Wildman–Crippen LogP) is 0.0355. The Hall–Kier alpha value is -0.650. The highest BCUT2D eigenvalue weighted by molar-refractivity contribution is 5.84. The van der Waals surface area contributed by atoms with Gasteiger partial charge in [-0.1, -0.05) is 6.92 Å². The Morgan fingerprint density at radius 1 is 1.62 bits per heavy atom. The highest BCUT2D eigenvalue weighted by Gasteiger charge is 2.29. The van der Waals surface area contributed by atoms with Gasteiger partial charge in [0.15, 0.2) is 0 Å². The van der Waals surface area contributed by atoms with Gasteiger partial charge in [0, 0.05) is 6.61 Å². The molecule has 1 amide bonds. The lowest BCUT2D eigenvalue weighted by Gasteiger charge is -2.29. The van der Waals surface area contributed by atoms with Crippen molar-refractivity contribution in [1.29, 1.82) is 0 Å². The molecule has 1 heterocycles. The first-order valence-electron chi connectivity index (χ1n) is 5.83. The second-order valence-electron chi connectivity index (χ2n) is 4.36. The zero-order chi connectivity index (χ0) is 12.0. The molecule has 0 spiro atoms.